The van der Waals surface area contributed by atoms with Crippen molar-refractivity contribution >= 4 is 27.6 Å². The van der Waals surface area contributed by atoms with E-state index in [1.807, 2.05) is 13.8 Å². The van der Waals surface area contributed by atoms with E-state index in [2.05, 4.69) is 0 Å². The normalized spacial score (nSPS) is 13.5. The van der Waals surface area contributed by atoms with Crippen LogP contribution in [-0.4, -0.2) is 30.5 Å². The van der Waals surface area contributed by atoms with Crippen LogP contribution in [0.15, 0.2) is 34.1 Å². The molecular formula is C13H18O4S2. The minimum Gasteiger partial charge on any atom is -0.480 e. The predicted octanol–water partition coefficient (Wildman–Crippen LogP) is 2.68. The number of carboxylic acids is 1. The maximum Gasteiger partial charge on any atom is 0.317 e. The van der Waals surface area contributed by atoms with Gasteiger partial charge in [-0.25, -0.2) is 8.42 Å². The SMILES string of the molecule is CCS(=O)(=O)c1ccccc1SC(C(=O)O)C(C)C. The lowest BCUT2D eigenvalue weighted by Crippen LogP contribution is -2.22. The molecule has 0 heterocycles. The number of rotatable bonds is 6. The van der Waals surface area contributed by atoms with E-state index in [1.54, 1.807) is 25.1 Å². The molecule has 1 unspecified atom stereocenters. The van der Waals surface area contributed by atoms with E-state index in [0.29, 0.717) is 4.90 Å². The number of carboxylic acid groups (broad SMARTS) is 1. The Balaban J connectivity index is 3.19. The minimum absolute atomic E-state index is 0.00396. The van der Waals surface area contributed by atoms with E-state index in [4.69, 9.17) is 0 Å². The zero-order valence-corrected chi connectivity index (χ0v) is 12.8. The van der Waals surface area contributed by atoms with Crippen molar-refractivity contribution in [3.8, 4) is 0 Å². The largest absolute Gasteiger partial charge is 0.480 e. The Hall–Kier alpha value is -1.01. The zero-order chi connectivity index (χ0) is 14.6. The highest BCUT2D eigenvalue weighted by Gasteiger charge is 2.26. The fourth-order valence-corrected chi connectivity index (χ4v) is 4.05. The van der Waals surface area contributed by atoms with Crippen LogP contribution in [0, 0.1) is 5.92 Å². The molecule has 1 aromatic carbocycles. The lowest BCUT2D eigenvalue weighted by Gasteiger charge is -2.17. The van der Waals surface area contributed by atoms with E-state index in [0.717, 1.165) is 11.8 Å². The van der Waals surface area contributed by atoms with Crippen molar-refractivity contribution in [3.05, 3.63) is 24.3 Å². The topological polar surface area (TPSA) is 71.4 Å². The second-order valence-corrected chi connectivity index (χ2v) is 7.90. The molecule has 0 radical (unpaired) electrons. The lowest BCUT2D eigenvalue weighted by molar-refractivity contribution is -0.137. The van der Waals surface area contributed by atoms with Crippen molar-refractivity contribution < 1.29 is 18.3 Å². The van der Waals surface area contributed by atoms with Crippen LogP contribution in [0.25, 0.3) is 0 Å². The van der Waals surface area contributed by atoms with Crippen LogP contribution in [0.4, 0.5) is 0 Å². The highest BCUT2D eigenvalue weighted by atomic mass is 32.2. The van der Waals surface area contributed by atoms with Gasteiger partial charge >= 0.3 is 5.97 Å². The van der Waals surface area contributed by atoms with Crippen LogP contribution in [-0.2, 0) is 14.6 Å². The van der Waals surface area contributed by atoms with E-state index >= 15 is 0 Å². The van der Waals surface area contributed by atoms with Crippen LogP contribution >= 0.6 is 11.8 Å². The molecule has 0 amide bonds. The van der Waals surface area contributed by atoms with Gasteiger partial charge in [0.1, 0.15) is 5.25 Å². The molecule has 0 spiro atoms. The van der Waals surface area contributed by atoms with Crippen LogP contribution in [0.2, 0.25) is 0 Å². The highest BCUT2D eigenvalue weighted by molar-refractivity contribution is 8.01. The molecule has 4 nitrogen and oxygen atoms in total. The summed E-state index contributed by atoms with van der Waals surface area (Å²) in [5.74, 6) is -1.01. The Labute approximate surface area is 118 Å². The molecule has 0 saturated heterocycles. The Morgan fingerprint density at radius 2 is 1.89 bits per heavy atom. The fraction of sp³-hybridized carbons (Fsp3) is 0.462. The van der Waals surface area contributed by atoms with Crippen molar-refractivity contribution in [2.75, 3.05) is 5.75 Å². The summed E-state index contributed by atoms with van der Waals surface area (Å²) in [4.78, 5) is 11.9. The molecule has 106 valence electrons. The standard InChI is InChI=1S/C13H18O4S2/c1-4-19(16,17)11-8-6-5-7-10(11)18-12(9(2)3)13(14)15/h5-9,12H,4H2,1-3H3,(H,14,15). The minimum atomic E-state index is -3.34. The molecule has 0 saturated carbocycles. The summed E-state index contributed by atoms with van der Waals surface area (Å²) in [6, 6.07) is 6.56. The molecule has 0 fully saturated rings. The van der Waals surface area contributed by atoms with Crippen molar-refractivity contribution in [2.45, 2.75) is 35.8 Å². The molecule has 0 aliphatic carbocycles. The molecule has 0 aliphatic heterocycles. The lowest BCUT2D eigenvalue weighted by atomic mass is 10.1. The molecular weight excluding hydrogens is 284 g/mol. The quantitative estimate of drug-likeness (QED) is 0.818. The van der Waals surface area contributed by atoms with Crippen LogP contribution in [0.1, 0.15) is 20.8 Å². The van der Waals surface area contributed by atoms with Gasteiger partial charge in [-0.2, -0.15) is 0 Å². The smallest absolute Gasteiger partial charge is 0.317 e. The summed E-state index contributed by atoms with van der Waals surface area (Å²) in [7, 11) is -3.34. The molecule has 1 N–H and O–H groups in total. The van der Waals surface area contributed by atoms with E-state index in [9.17, 15) is 18.3 Å². The Morgan fingerprint density at radius 1 is 1.32 bits per heavy atom. The summed E-state index contributed by atoms with van der Waals surface area (Å²) < 4.78 is 24.0. The van der Waals surface area contributed by atoms with Gasteiger partial charge in [-0.15, -0.1) is 11.8 Å². The van der Waals surface area contributed by atoms with Crippen molar-refractivity contribution in [1.29, 1.82) is 0 Å². The summed E-state index contributed by atoms with van der Waals surface area (Å²) in [6.07, 6.45) is 0. The van der Waals surface area contributed by atoms with Gasteiger partial charge in [-0.1, -0.05) is 32.9 Å². The van der Waals surface area contributed by atoms with Crippen molar-refractivity contribution in [3.63, 3.8) is 0 Å². The molecule has 6 heteroatoms. The van der Waals surface area contributed by atoms with E-state index in [-0.39, 0.29) is 16.6 Å². The number of carbonyl (C=O) groups is 1. The number of hydrogen-bond acceptors (Lipinski definition) is 4. The summed E-state index contributed by atoms with van der Waals surface area (Å²) in [5.41, 5.74) is 0. The Bertz CT molecular complexity index is 550. The number of hydrogen-bond donors (Lipinski definition) is 1. The fourth-order valence-electron chi connectivity index (χ4n) is 1.57. The van der Waals surface area contributed by atoms with E-state index < -0.39 is 21.1 Å². The average molecular weight is 302 g/mol. The van der Waals surface area contributed by atoms with Gasteiger partial charge in [0.05, 0.1) is 10.6 Å². The van der Waals surface area contributed by atoms with Crippen molar-refractivity contribution in [2.24, 2.45) is 5.92 Å². The first-order valence-corrected chi connectivity index (χ1v) is 8.54. The second kappa shape index (κ2) is 6.43. The first-order valence-electron chi connectivity index (χ1n) is 6.00. The van der Waals surface area contributed by atoms with Gasteiger partial charge in [0.15, 0.2) is 9.84 Å². The first kappa shape index (κ1) is 16.0. The Kier molecular flexibility index (Phi) is 5.43. The predicted molar refractivity (Wildman–Crippen MR) is 76.3 cm³/mol. The van der Waals surface area contributed by atoms with Gasteiger partial charge in [-0.05, 0) is 18.1 Å². The molecule has 1 atom stereocenters. The summed E-state index contributed by atoms with van der Waals surface area (Å²) in [6.45, 7) is 5.19. The molecule has 19 heavy (non-hydrogen) atoms. The highest BCUT2D eigenvalue weighted by Crippen LogP contribution is 2.33. The summed E-state index contributed by atoms with van der Waals surface area (Å²) in [5, 5.41) is 8.53. The average Bonchev–Trinajstić information content (AvgIpc) is 2.35. The monoisotopic (exact) mass is 302 g/mol. The Morgan fingerprint density at radius 3 is 2.37 bits per heavy atom. The van der Waals surface area contributed by atoms with Crippen LogP contribution in [0.5, 0.6) is 0 Å². The van der Waals surface area contributed by atoms with E-state index in [1.165, 1.54) is 6.07 Å². The molecule has 0 aromatic heterocycles. The number of aliphatic carboxylic acids is 1. The van der Waals surface area contributed by atoms with Gasteiger partial charge in [-0.3, -0.25) is 4.79 Å². The van der Waals surface area contributed by atoms with Gasteiger partial charge in [0.2, 0.25) is 0 Å². The van der Waals surface area contributed by atoms with Gasteiger partial charge in [0.25, 0.3) is 0 Å². The third kappa shape index (κ3) is 3.98. The first-order chi connectivity index (χ1) is 8.79. The maximum atomic E-state index is 12.0. The van der Waals surface area contributed by atoms with Crippen LogP contribution < -0.4 is 0 Å². The van der Waals surface area contributed by atoms with Crippen LogP contribution in [0.3, 0.4) is 0 Å². The third-order valence-corrected chi connectivity index (χ3v) is 6.19. The summed E-state index contributed by atoms with van der Waals surface area (Å²) >= 11 is 1.10. The number of thioether (sulfide) groups is 1. The third-order valence-electron chi connectivity index (χ3n) is 2.67. The number of benzene rings is 1. The van der Waals surface area contributed by atoms with Gasteiger partial charge < -0.3 is 5.11 Å². The molecule has 1 rings (SSSR count). The maximum absolute atomic E-state index is 12.0. The number of sulfone groups is 1. The molecule has 0 bridgehead atoms. The molecule has 0 aliphatic rings. The second-order valence-electron chi connectivity index (χ2n) is 4.47. The van der Waals surface area contributed by atoms with Crippen molar-refractivity contribution in [1.82, 2.24) is 0 Å². The zero-order valence-electron chi connectivity index (χ0n) is 11.2. The van der Waals surface area contributed by atoms with Gasteiger partial charge in [0, 0.05) is 4.90 Å². The molecule has 1 aromatic rings.